The Morgan fingerprint density at radius 2 is 1.56 bits per heavy atom. The zero-order valence-corrected chi connectivity index (χ0v) is 9.02. The predicted octanol–water partition coefficient (Wildman–Crippen LogP) is 2.29. The molecule has 1 rings (SSSR count). The van der Waals surface area contributed by atoms with Crippen molar-refractivity contribution in [1.82, 2.24) is 4.90 Å². The Hall–Kier alpha value is -0.430. The van der Waals surface area contributed by atoms with Crippen molar-refractivity contribution in [2.45, 2.75) is 38.0 Å². The van der Waals surface area contributed by atoms with Gasteiger partial charge in [-0.15, -0.1) is 0 Å². The number of nitrogens with zero attached hydrogens (tertiary/aromatic N) is 1. The first kappa shape index (κ1) is 13.6. The standard InChI is InChI=1S/C9H14F5NO/c1-6-3-15(4-7(2)16-6)9(13,14)8(11,12)5-10/h6-7H,3-5H2,1-2H3. The summed E-state index contributed by atoms with van der Waals surface area (Å²) >= 11 is 0. The van der Waals surface area contributed by atoms with Gasteiger partial charge in [0, 0.05) is 13.1 Å². The van der Waals surface area contributed by atoms with Gasteiger partial charge >= 0.3 is 12.0 Å². The van der Waals surface area contributed by atoms with Crippen LogP contribution >= 0.6 is 0 Å². The lowest BCUT2D eigenvalue weighted by atomic mass is 10.2. The van der Waals surface area contributed by atoms with Crippen LogP contribution in [0.3, 0.4) is 0 Å². The van der Waals surface area contributed by atoms with Crippen LogP contribution in [0.1, 0.15) is 13.8 Å². The molecule has 1 heterocycles. The molecular weight excluding hydrogens is 233 g/mol. The lowest BCUT2D eigenvalue weighted by molar-refractivity contribution is -0.306. The van der Waals surface area contributed by atoms with E-state index in [9.17, 15) is 22.0 Å². The molecule has 2 atom stereocenters. The Morgan fingerprint density at radius 1 is 1.12 bits per heavy atom. The van der Waals surface area contributed by atoms with Crippen LogP contribution in [0, 0.1) is 0 Å². The summed E-state index contributed by atoms with van der Waals surface area (Å²) in [5.41, 5.74) is 0. The number of hydrogen-bond acceptors (Lipinski definition) is 2. The van der Waals surface area contributed by atoms with E-state index in [0.717, 1.165) is 0 Å². The summed E-state index contributed by atoms with van der Waals surface area (Å²) in [7, 11) is 0. The van der Waals surface area contributed by atoms with Crippen LogP contribution in [-0.4, -0.2) is 48.8 Å². The topological polar surface area (TPSA) is 12.5 Å². The molecule has 0 aromatic carbocycles. The minimum absolute atomic E-state index is 0.283. The Kier molecular flexibility index (Phi) is 3.79. The fourth-order valence-corrected chi connectivity index (χ4v) is 1.72. The molecule has 0 aromatic rings. The Morgan fingerprint density at radius 3 is 1.94 bits per heavy atom. The van der Waals surface area contributed by atoms with E-state index in [1.165, 1.54) is 13.8 Å². The number of ether oxygens (including phenoxy) is 1. The normalized spacial score (nSPS) is 29.4. The van der Waals surface area contributed by atoms with E-state index in [4.69, 9.17) is 4.74 Å². The molecule has 1 aliphatic rings. The van der Waals surface area contributed by atoms with E-state index in [1.807, 2.05) is 0 Å². The third kappa shape index (κ3) is 2.45. The van der Waals surface area contributed by atoms with Crippen molar-refractivity contribution >= 4 is 0 Å². The molecule has 2 unspecified atom stereocenters. The van der Waals surface area contributed by atoms with Gasteiger partial charge < -0.3 is 4.74 Å². The molecule has 0 radical (unpaired) electrons. The van der Waals surface area contributed by atoms with Crippen molar-refractivity contribution in [3.05, 3.63) is 0 Å². The molecule has 96 valence electrons. The molecule has 0 aliphatic carbocycles. The largest absolute Gasteiger partial charge is 0.373 e. The highest BCUT2D eigenvalue weighted by molar-refractivity contribution is 4.88. The monoisotopic (exact) mass is 247 g/mol. The predicted molar refractivity (Wildman–Crippen MR) is 47.5 cm³/mol. The quantitative estimate of drug-likeness (QED) is 0.560. The number of hydrogen-bond donors (Lipinski definition) is 0. The minimum Gasteiger partial charge on any atom is -0.373 e. The van der Waals surface area contributed by atoms with Crippen molar-refractivity contribution in [2.24, 2.45) is 0 Å². The van der Waals surface area contributed by atoms with E-state index < -0.39 is 30.9 Å². The summed E-state index contributed by atoms with van der Waals surface area (Å²) in [6, 6.07) is -4.48. The molecule has 7 heteroatoms. The van der Waals surface area contributed by atoms with Gasteiger partial charge in [0.1, 0.15) is 0 Å². The second-order valence-corrected chi connectivity index (χ2v) is 4.04. The highest BCUT2D eigenvalue weighted by Crippen LogP contribution is 2.38. The molecule has 0 aromatic heterocycles. The van der Waals surface area contributed by atoms with Gasteiger partial charge in [-0.2, -0.15) is 17.6 Å². The highest BCUT2D eigenvalue weighted by atomic mass is 19.3. The third-order valence-corrected chi connectivity index (χ3v) is 2.42. The van der Waals surface area contributed by atoms with Crippen LogP contribution in [-0.2, 0) is 4.74 Å². The van der Waals surface area contributed by atoms with Crippen molar-refractivity contribution in [2.75, 3.05) is 19.8 Å². The van der Waals surface area contributed by atoms with Gasteiger partial charge in [-0.1, -0.05) is 0 Å². The van der Waals surface area contributed by atoms with E-state index in [0.29, 0.717) is 0 Å². The van der Waals surface area contributed by atoms with E-state index in [2.05, 4.69) is 0 Å². The fraction of sp³-hybridized carbons (Fsp3) is 1.00. The molecule has 16 heavy (non-hydrogen) atoms. The van der Waals surface area contributed by atoms with Crippen LogP contribution in [0.15, 0.2) is 0 Å². The second kappa shape index (κ2) is 4.44. The van der Waals surface area contributed by atoms with Crippen molar-refractivity contribution in [1.29, 1.82) is 0 Å². The average Bonchev–Trinajstić information content (AvgIpc) is 2.16. The summed E-state index contributed by atoms with van der Waals surface area (Å²) in [5, 5.41) is 0. The number of alkyl halides is 5. The van der Waals surface area contributed by atoms with E-state index in [1.54, 1.807) is 0 Å². The number of morpholine rings is 1. The fourth-order valence-electron chi connectivity index (χ4n) is 1.72. The first-order valence-electron chi connectivity index (χ1n) is 4.93. The van der Waals surface area contributed by atoms with Gasteiger partial charge in [0.25, 0.3) is 0 Å². The molecule has 0 N–H and O–H groups in total. The number of halogens is 5. The van der Waals surface area contributed by atoms with Crippen molar-refractivity contribution < 1.29 is 26.7 Å². The van der Waals surface area contributed by atoms with Crippen LogP contribution < -0.4 is 0 Å². The zero-order chi connectivity index (χ0) is 12.6. The molecule has 0 saturated carbocycles. The Labute approximate surface area is 90.4 Å². The summed E-state index contributed by atoms with van der Waals surface area (Å²) < 4.78 is 69.2. The van der Waals surface area contributed by atoms with Gasteiger partial charge in [-0.3, -0.25) is 0 Å². The van der Waals surface area contributed by atoms with Gasteiger partial charge in [-0.25, -0.2) is 9.29 Å². The molecule has 0 spiro atoms. The highest BCUT2D eigenvalue weighted by Gasteiger charge is 2.61. The van der Waals surface area contributed by atoms with E-state index >= 15 is 0 Å². The van der Waals surface area contributed by atoms with Gasteiger partial charge in [-0.05, 0) is 13.8 Å². The maximum atomic E-state index is 13.3. The molecule has 0 bridgehead atoms. The summed E-state index contributed by atoms with van der Waals surface area (Å²) in [6.07, 6.45) is -1.16. The van der Waals surface area contributed by atoms with Gasteiger partial charge in [0.05, 0.1) is 12.2 Å². The number of rotatable bonds is 3. The maximum absolute atomic E-state index is 13.3. The molecule has 0 amide bonds. The maximum Gasteiger partial charge on any atom is 0.370 e. The van der Waals surface area contributed by atoms with E-state index in [-0.39, 0.29) is 18.0 Å². The average molecular weight is 247 g/mol. The third-order valence-electron chi connectivity index (χ3n) is 2.42. The second-order valence-electron chi connectivity index (χ2n) is 4.04. The molecule has 1 saturated heterocycles. The van der Waals surface area contributed by atoms with Gasteiger partial charge in [0.15, 0.2) is 6.67 Å². The first-order valence-corrected chi connectivity index (χ1v) is 4.93. The molecular formula is C9H14F5NO. The minimum atomic E-state index is -4.66. The SMILES string of the molecule is CC1CN(C(F)(F)C(F)(F)CF)CC(C)O1. The molecule has 1 fully saturated rings. The molecule has 2 nitrogen and oxygen atoms in total. The van der Waals surface area contributed by atoms with Crippen LogP contribution in [0.25, 0.3) is 0 Å². The molecule has 1 aliphatic heterocycles. The zero-order valence-electron chi connectivity index (χ0n) is 9.02. The Balaban J connectivity index is 2.82. The van der Waals surface area contributed by atoms with Crippen molar-refractivity contribution in [3.8, 4) is 0 Å². The lowest BCUT2D eigenvalue weighted by Gasteiger charge is -2.41. The Bertz CT molecular complexity index is 238. The van der Waals surface area contributed by atoms with Gasteiger partial charge in [0.2, 0.25) is 0 Å². The summed E-state index contributed by atoms with van der Waals surface area (Å²) in [5.74, 6) is -4.66. The first-order chi connectivity index (χ1) is 7.20. The lowest BCUT2D eigenvalue weighted by Crippen LogP contribution is -2.61. The van der Waals surface area contributed by atoms with Crippen LogP contribution in [0.4, 0.5) is 22.0 Å². The van der Waals surface area contributed by atoms with Crippen LogP contribution in [0.5, 0.6) is 0 Å². The smallest absolute Gasteiger partial charge is 0.370 e. The van der Waals surface area contributed by atoms with Crippen molar-refractivity contribution in [3.63, 3.8) is 0 Å². The summed E-state index contributed by atoms with van der Waals surface area (Å²) in [6.45, 7) is -0.0430. The summed E-state index contributed by atoms with van der Waals surface area (Å²) in [4.78, 5) is 0.283. The van der Waals surface area contributed by atoms with Crippen LogP contribution in [0.2, 0.25) is 0 Å².